The first-order valence-corrected chi connectivity index (χ1v) is 9.85. The van der Waals surface area contributed by atoms with Crippen LogP contribution in [0.4, 0.5) is 8.78 Å². The summed E-state index contributed by atoms with van der Waals surface area (Å²) in [6.07, 6.45) is 1.37. The van der Waals surface area contributed by atoms with Gasteiger partial charge in [-0.2, -0.15) is 8.78 Å². The summed E-state index contributed by atoms with van der Waals surface area (Å²) in [5, 5.41) is 1.01. The van der Waals surface area contributed by atoms with Crippen molar-refractivity contribution in [3.8, 4) is 17.2 Å². The van der Waals surface area contributed by atoms with Crippen LogP contribution in [0.5, 0.6) is 17.2 Å². The summed E-state index contributed by atoms with van der Waals surface area (Å²) in [6, 6.07) is 16.0. The van der Waals surface area contributed by atoms with Gasteiger partial charge in [-0.1, -0.05) is 47.5 Å². The number of ether oxygens (including phenoxy) is 3. The number of para-hydroxylation sites is 1. The van der Waals surface area contributed by atoms with E-state index in [0.717, 1.165) is 5.56 Å². The lowest BCUT2D eigenvalue weighted by atomic mass is 10.1. The Bertz CT molecular complexity index is 1180. The van der Waals surface area contributed by atoms with E-state index in [4.69, 9.17) is 32.7 Å². The van der Waals surface area contributed by atoms with Crippen LogP contribution >= 0.6 is 23.2 Å². The van der Waals surface area contributed by atoms with Crippen molar-refractivity contribution in [1.29, 1.82) is 0 Å². The molecule has 0 atom stereocenters. The van der Waals surface area contributed by atoms with Crippen LogP contribution in [-0.4, -0.2) is 12.4 Å². The van der Waals surface area contributed by atoms with Gasteiger partial charge in [0.25, 0.3) is 0 Å². The highest BCUT2D eigenvalue weighted by molar-refractivity contribution is 6.35. The molecule has 158 valence electrons. The van der Waals surface area contributed by atoms with Crippen LogP contribution in [0.1, 0.15) is 21.5 Å². The maximum Gasteiger partial charge on any atom is 0.387 e. The van der Waals surface area contributed by atoms with E-state index >= 15 is 0 Å². The second-order valence-corrected chi connectivity index (χ2v) is 7.38. The van der Waals surface area contributed by atoms with Crippen LogP contribution in [0.2, 0.25) is 10.0 Å². The van der Waals surface area contributed by atoms with Crippen molar-refractivity contribution >= 4 is 35.1 Å². The summed E-state index contributed by atoms with van der Waals surface area (Å²) in [7, 11) is 0. The smallest absolute Gasteiger partial charge is 0.387 e. The van der Waals surface area contributed by atoms with Gasteiger partial charge in [0.1, 0.15) is 23.9 Å². The highest BCUT2D eigenvalue weighted by atomic mass is 35.5. The first-order valence-electron chi connectivity index (χ1n) is 9.09. The van der Waals surface area contributed by atoms with Crippen molar-refractivity contribution in [3.63, 3.8) is 0 Å². The second kappa shape index (κ2) is 8.96. The van der Waals surface area contributed by atoms with Crippen molar-refractivity contribution in [2.45, 2.75) is 13.2 Å². The molecule has 1 heterocycles. The molecule has 8 heteroatoms. The maximum atomic E-state index is 12.6. The Morgan fingerprint density at radius 2 is 1.84 bits per heavy atom. The monoisotopic (exact) mass is 462 g/mol. The number of rotatable bonds is 6. The fourth-order valence-corrected chi connectivity index (χ4v) is 3.46. The molecule has 0 fully saturated rings. The van der Waals surface area contributed by atoms with Gasteiger partial charge in [0.2, 0.25) is 5.78 Å². The minimum absolute atomic E-state index is 0.00166. The van der Waals surface area contributed by atoms with Gasteiger partial charge < -0.3 is 14.2 Å². The third kappa shape index (κ3) is 4.81. The van der Waals surface area contributed by atoms with Crippen LogP contribution < -0.4 is 14.2 Å². The fraction of sp³-hybridized carbons (Fsp3) is 0.0870. The summed E-state index contributed by atoms with van der Waals surface area (Å²) in [5.41, 5.74) is 1.39. The molecule has 0 unspecified atom stereocenters. The van der Waals surface area contributed by atoms with Crippen molar-refractivity contribution in [1.82, 2.24) is 0 Å². The lowest BCUT2D eigenvalue weighted by molar-refractivity contribution is -0.0499. The molecule has 0 N–H and O–H groups in total. The van der Waals surface area contributed by atoms with Crippen molar-refractivity contribution < 1.29 is 27.8 Å². The zero-order valence-corrected chi connectivity index (χ0v) is 17.3. The van der Waals surface area contributed by atoms with E-state index in [1.807, 2.05) is 0 Å². The molecular formula is C23H14Cl2F2O4. The van der Waals surface area contributed by atoms with Crippen molar-refractivity contribution in [2.24, 2.45) is 0 Å². The lowest BCUT2D eigenvalue weighted by Crippen LogP contribution is -2.04. The maximum absolute atomic E-state index is 12.6. The Labute approximate surface area is 186 Å². The van der Waals surface area contributed by atoms with E-state index in [-0.39, 0.29) is 23.9 Å². The molecule has 0 aromatic heterocycles. The van der Waals surface area contributed by atoms with Crippen LogP contribution in [-0.2, 0) is 6.61 Å². The number of carbonyl (C=O) groups excluding carboxylic acids is 1. The molecular weight excluding hydrogens is 449 g/mol. The van der Waals surface area contributed by atoms with Crippen molar-refractivity contribution in [2.75, 3.05) is 0 Å². The van der Waals surface area contributed by atoms with E-state index in [9.17, 15) is 13.6 Å². The number of alkyl halides is 2. The minimum atomic E-state index is -2.98. The third-order valence-electron chi connectivity index (χ3n) is 4.47. The van der Waals surface area contributed by atoms with Gasteiger partial charge in [-0.3, -0.25) is 4.79 Å². The van der Waals surface area contributed by atoms with Gasteiger partial charge in [0, 0.05) is 27.2 Å². The van der Waals surface area contributed by atoms with E-state index in [0.29, 0.717) is 32.7 Å². The van der Waals surface area contributed by atoms with Gasteiger partial charge >= 0.3 is 6.61 Å². The first-order chi connectivity index (χ1) is 14.9. The molecule has 1 aliphatic heterocycles. The number of fused-ring (bicyclic) bond motifs is 1. The van der Waals surface area contributed by atoms with Crippen LogP contribution in [0, 0.1) is 0 Å². The standard InChI is InChI=1S/C23H14Cl2F2O4/c24-15-6-5-14(18(25)10-15)12-29-16-7-8-17-20(11-16)30-21(22(17)28)9-13-3-1-2-4-19(13)31-23(26)27/h1-11,23H,12H2/b21-9-. The Hall–Kier alpha value is -3.09. The zero-order valence-electron chi connectivity index (χ0n) is 15.8. The molecule has 1 aliphatic rings. The number of hydrogen-bond donors (Lipinski definition) is 0. The highest BCUT2D eigenvalue weighted by Crippen LogP contribution is 2.36. The van der Waals surface area contributed by atoms with Gasteiger partial charge in [-0.05, 0) is 36.4 Å². The topological polar surface area (TPSA) is 44.8 Å². The minimum Gasteiger partial charge on any atom is -0.489 e. The van der Waals surface area contributed by atoms with E-state index in [1.54, 1.807) is 54.6 Å². The normalized spacial score (nSPS) is 14.0. The van der Waals surface area contributed by atoms with Gasteiger partial charge in [-0.15, -0.1) is 0 Å². The summed E-state index contributed by atoms with van der Waals surface area (Å²) < 4.78 is 41.1. The van der Waals surface area contributed by atoms with Gasteiger partial charge in [-0.25, -0.2) is 0 Å². The van der Waals surface area contributed by atoms with E-state index < -0.39 is 6.61 Å². The number of Topliss-reactive ketones (excluding diaryl/α,β-unsaturated/α-hetero) is 1. The van der Waals surface area contributed by atoms with E-state index in [1.165, 1.54) is 12.1 Å². The predicted octanol–water partition coefficient (Wildman–Crippen LogP) is 6.79. The van der Waals surface area contributed by atoms with E-state index in [2.05, 4.69) is 4.74 Å². The number of ketones is 1. The van der Waals surface area contributed by atoms with Crippen molar-refractivity contribution in [3.05, 3.63) is 93.2 Å². The lowest BCUT2D eigenvalue weighted by Gasteiger charge is -2.09. The predicted molar refractivity (Wildman–Crippen MR) is 113 cm³/mol. The number of carbonyl (C=O) groups is 1. The number of benzene rings is 3. The molecule has 0 aliphatic carbocycles. The third-order valence-corrected chi connectivity index (χ3v) is 5.06. The SMILES string of the molecule is O=C1/C(=C/c2ccccc2OC(F)F)Oc2cc(OCc3ccc(Cl)cc3Cl)ccc21. The van der Waals surface area contributed by atoms with Crippen LogP contribution in [0.15, 0.2) is 66.4 Å². The van der Waals surface area contributed by atoms with Crippen LogP contribution in [0.3, 0.4) is 0 Å². The summed E-state index contributed by atoms with van der Waals surface area (Å²) in [5.74, 6) is 0.358. The first kappa shape index (κ1) is 21.2. The summed E-state index contributed by atoms with van der Waals surface area (Å²) in [6.45, 7) is -2.78. The Kier molecular flexibility index (Phi) is 6.11. The highest BCUT2D eigenvalue weighted by Gasteiger charge is 2.28. The Morgan fingerprint density at radius 1 is 1.03 bits per heavy atom. The van der Waals surface area contributed by atoms with Gasteiger partial charge in [0.05, 0.1) is 5.56 Å². The zero-order chi connectivity index (χ0) is 22.0. The number of halogens is 4. The molecule has 3 aromatic rings. The molecule has 3 aromatic carbocycles. The molecule has 0 spiro atoms. The number of hydrogen-bond acceptors (Lipinski definition) is 4. The Morgan fingerprint density at radius 3 is 2.61 bits per heavy atom. The molecule has 0 bridgehead atoms. The fourth-order valence-electron chi connectivity index (χ4n) is 3.00. The molecule has 0 amide bonds. The average molecular weight is 463 g/mol. The molecule has 0 radical (unpaired) electrons. The quantitative estimate of drug-likeness (QED) is 0.378. The molecule has 4 rings (SSSR count). The summed E-state index contributed by atoms with van der Waals surface area (Å²) >= 11 is 12.0. The average Bonchev–Trinajstić information content (AvgIpc) is 3.03. The summed E-state index contributed by atoms with van der Waals surface area (Å²) in [4.78, 5) is 12.6. The molecule has 31 heavy (non-hydrogen) atoms. The molecule has 0 saturated carbocycles. The second-order valence-electron chi connectivity index (χ2n) is 6.54. The largest absolute Gasteiger partial charge is 0.489 e. The molecule has 4 nitrogen and oxygen atoms in total. The molecule has 0 saturated heterocycles. The Balaban J connectivity index is 1.53. The number of allylic oxidation sites excluding steroid dienone is 1. The van der Waals surface area contributed by atoms with Gasteiger partial charge in [0.15, 0.2) is 5.76 Å². The van der Waals surface area contributed by atoms with Crippen LogP contribution in [0.25, 0.3) is 6.08 Å².